The lowest BCUT2D eigenvalue weighted by molar-refractivity contribution is 0.487. The minimum absolute atomic E-state index is 0.110. The fourth-order valence-electron chi connectivity index (χ4n) is 1.60. The highest BCUT2D eigenvalue weighted by molar-refractivity contribution is 7.11. The van der Waals surface area contributed by atoms with Gasteiger partial charge in [0.2, 0.25) is 0 Å². The summed E-state index contributed by atoms with van der Waals surface area (Å²) in [6.07, 6.45) is 0. The summed E-state index contributed by atoms with van der Waals surface area (Å²) >= 11 is 18.3. The minimum atomic E-state index is -0.737. The van der Waals surface area contributed by atoms with Gasteiger partial charge in [-0.15, -0.1) is 0 Å². The first-order valence-electron chi connectivity index (χ1n) is 5.46. The van der Waals surface area contributed by atoms with E-state index < -0.39 is 15.5 Å². The molecular weight excluding hydrogens is 359 g/mol. The zero-order chi connectivity index (χ0) is 15.7. The summed E-state index contributed by atoms with van der Waals surface area (Å²) in [6.45, 7) is 1.49. The second-order valence-electron chi connectivity index (χ2n) is 3.94. The van der Waals surface area contributed by atoms with E-state index in [1.165, 1.54) is 19.1 Å². The van der Waals surface area contributed by atoms with Gasteiger partial charge in [-0.1, -0.05) is 34.8 Å². The van der Waals surface area contributed by atoms with Crippen LogP contribution >= 0.6 is 46.1 Å². The van der Waals surface area contributed by atoms with E-state index in [-0.39, 0.29) is 27.0 Å². The molecule has 0 saturated carbocycles. The van der Waals surface area contributed by atoms with Crippen molar-refractivity contribution in [1.29, 1.82) is 0 Å². The summed E-state index contributed by atoms with van der Waals surface area (Å²) < 4.78 is 0. The molecule has 0 aliphatic heterocycles. The van der Waals surface area contributed by atoms with Gasteiger partial charge in [0.1, 0.15) is 11.3 Å². The third-order valence-electron chi connectivity index (χ3n) is 2.47. The molecule has 0 saturated heterocycles. The Bertz CT molecular complexity index is 835. The molecule has 1 aromatic heterocycles. The van der Waals surface area contributed by atoms with Crippen molar-refractivity contribution in [3.63, 3.8) is 0 Å². The van der Waals surface area contributed by atoms with E-state index in [0.717, 1.165) is 0 Å². The van der Waals surface area contributed by atoms with E-state index in [4.69, 9.17) is 34.8 Å². The molecule has 0 atom stereocenters. The third-order valence-corrected chi connectivity index (χ3v) is 3.95. The molecule has 0 spiro atoms. The van der Waals surface area contributed by atoms with Crippen LogP contribution < -0.4 is 10.4 Å². The van der Waals surface area contributed by atoms with Crippen molar-refractivity contribution in [2.45, 2.75) is 6.92 Å². The van der Waals surface area contributed by atoms with Gasteiger partial charge in [0.15, 0.2) is 5.06 Å². The molecule has 0 aliphatic carbocycles. The second kappa shape index (κ2) is 6.19. The minimum Gasteiger partial charge on any atom is -0.499 e. The van der Waals surface area contributed by atoms with Gasteiger partial charge in [-0.05, 0) is 30.4 Å². The normalized spacial score (nSPS) is 11.7. The number of aliphatic imine (C=N–C) groups is 1. The molecule has 9 heteroatoms. The second-order valence-corrected chi connectivity index (χ2v) is 6.15. The number of aromatic nitrogens is 1. The van der Waals surface area contributed by atoms with E-state index in [9.17, 15) is 14.7 Å². The Hall–Kier alpha value is -1.34. The summed E-state index contributed by atoms with van der Waals surface area (Å²) in [7, 11) is 0. The highest BCUT2D eigenvalue weighted by Crippen LogP contribution is 2.36. The zero-order valence-corrected chi connectivity index (χ0v) is 13.5. The van der Waals surface area contributed by atoms with Crippen LogP contribution in [-0.2, 0) is 0 Å². The highest BCUT2D eigenvalue weighted by Gasteiger charge is 2.14. The van der Waals surface area contributed by atoms with Crippen molar-refractivity contribution in [2.24, 2.45) is 4.99 Å². The Labute approximate surface area is 137 Å². The van der Waals surface area contributed by atoms with Crippen molar-refractivity contribution in [3.8, 4) is 5.06 Å². The molecule has 0 radical (unpaired) electrons. The lowest BCUT2D eigenvalue weighted by Crippen LogP contribution is -2.22. The lowest BCUT2D eigenvalue weighted by atomic mass is 10.2. The van der Waals surface area contributed by atoms with Gasteiger partial charge in [-0.2, -0.15) is 0 Å². The quantitative estimate of drug-likeness (QED) is 0.798. The number of aromatic hydroxyl groups is 1. The molecule has 0 bridgehead atoms. The first-order chi connectivity index (χ1) is 9.79. The largest absolute Gasteiger partial charge is 0.499 e. The molecular formula is C12H7Cl3N2O3S. The molecule has 2 rings (SSSR count). The predicted octanol–water partition coefficient (Wildman–Crippen LogP) is 3.60. The number of aromatic amines is 1. The van der Waals surface area contributed by atoms with Crippen molar-refractivity contribution in [3.05, 3.63) is 52.8 Å². The number of benzene rings is 1. The van der Waals surface area contributed by atoms with Gasteiger partial charge in [0.25, 0.3) is 5.56 Å². The Morgan fingerprint density at radius 3 is 2.33 bits per heavy atom. The van der Waals surface area contributed by atoms with E-state index in [0.29, 0.717) is 16.4 Å². The topological polar surface area (TPSA) is 82.5 Å². The summed E-state index contributed by atoms with van der Waals surface area (Å²) in [5.74, 6) is 0. The van der Waals surface area contributed by atoms with Crippen molar-refractivity contribution in [2.75, 3.05) is 0 Å². The third kappa shape index (κ3) is 3.47. The molecule has 21 heavy (non-hydrogen) atoms. The van der Waals surface area contributed by atoms with Crippen LogP contribution in [0.5, 0.6) is 5.06 Å². The molecule has 110 valence electrons. The molecule has 1 aromatic carbocycles. The summed E-state index contributed by atoms with van der Waals surface area (Å²) in [5.41, 5.74) is -0.466. The zero-order valence-electron chi connectivity index (χ0n) is 10.4. The van der Waals surface area contributed by atoms with Crippen LogP contribution in [0.4, 0.5) is 5.69 Å². The van der Waals surface area contributed by atoms with Crippen molar-refractivity contribution in [1.82, 2.24) is 4.98 Å². The van der Waals surface area contributed by atoms with E-state index in [1.54, 1.807) is 0 Å². The molecule has 1 heterocycles. The summed E-state index contributed by atoms with van der Waals surface area (Å²) in [5, 5.41) is 10.1. The molecule has 0 unspecified atom stereocenters. The Morgan fingerprint density at radius 1 is 1.24 bits per heavy atom. The van der Waals surface area contributed by atoms with Crippen LogP contribution in [0.25, 0.3) is 0 Å². The number of hydrogen-bond donors (Lipinski definition) is 2. The molecule has 2 aromatic rings. The molecule has 0 aliphatic rings. The van der Waals surface area contributed by atoms with Gasteiger partial charge >= 0.3 is 4.87 Å². The van der Waals surface area contributed by atoms with Gasteiger partial charge in [-0.25, -0.2) is 4.99 Å². The van der Waals surface area contributed by atoms with Gasteiger partial charge in [0, 0.05) is 5.02 Å². The van der Waals surface area contributed by atoms with E-state index in [1.807, 2.05) is 0 Å². The summed E-state index contributed by atoms with van der Waals surface area (Å²) in [4.78, 5) is 28.4. The standard InChI is InChI=1S/C12H7Cl3N2O3S/c1-4(8-10(18)17-12(20)21-11(8)19)16-9-6(14)2-5(13)3-7(9)15/h2-3,19H,1H3,(H,17,18,20). The average Bonchev–Trinajstić information content (AvgIpc) is 2.32. The maximum atomic E-state index is 11.7. The fourth-order valence-corrected chi connectivity index (χ4v) is 3.16. The predicted molar refractivity (Wildman–Crippen MR) is 86.2 cm³/mol. The van der Waals surface area contributed by atoms with Crippen LogP contribution in [0.3, 0.4) is 0 Å². The monoisotopic (exact) mass is 364 g/mol. The van der Waals surface area contributed by atoms with Crippen LogP contribution in [0, 0.1) is 0 Å². The van der Waals surface area contributed by atoms with Gasteiger partial charge in [-0.3, -0.25) is 14.6 Å². The van der Waals surface area contributed by atoms with Gasteiger partial charge in [0.05, 0.1) is 15.8 Å². The molecule has 2 N–H and O–H groups in total. The Morgan fingerprint density at radius 2 is 1.81 bits per heavy atom. The van der Waals surface area contributed by atoms with Gasteiger partial charge < -0.3 is 5.11 Å². The van der Waals surface area contributed by atoms with Crippen LogP contribution in [0.2, 0.25) is 15.1 Å². The number of hydrogen-bond acceptors (Lipinski definition) is 5. The molecule has 0 fully saturated rings. The smallest absolute Gasteiger partial charge is 0.310 e. The Balaban J connectivity index is 2.63. The molecule has 5 nitrogen and oxygen atoms in total. The maximum Gasteiger partial charge on any atom is 0.310 e. The lowest BCUT2D eigenvalue weighted by Gasteiger charge is -2.05. The maximum absolute atomic E-state index is 11.7. The average molecular weight is 366 g/mol. The number of rotatable bonds is 2. The number of nitrogens with zero attached hydrogens (tertiary/aromatic N) is 1. The first-order valence-corrected chi connectivity index (χ1v) is 7.41. The van der Waals surface area contributed by atoms with Crippen LogP contribution in [-0.4, -0.2) is 15.8 Å². The summed E-state index contributed by atoms with van der Waals surface area (Å²) in [6, 6.07) is 2.91. The Kier molecular flexibility index (Phi) is 4.73. The number of halogens is 3. The first kappa shape index (κ1) is 16.0. The van der Waals surface area contributed by atoms with E-state index in [2.05, 4.69) is 9.98 Å². The number of H-pyrrole nitrogens is 1. The SMILES string of the molecule is CC(=Nc1c(Cl)cc(Cl)cc1Cl)c1c(O)sc(=O)[nH]c1=O. The fraction of sp³-hybridized carbons (Fsp3) is 0.0833. The molecule has 0 amide bonds. The van der Waals surface area contributed by atoms with E-state index >= 15 is 0 Å². The van der Waals surface area contributed by atoms with Crippen molar-refractivity contribution < 1.29 is 5.11 Å². The van der Waals surface area contributed by atoms with Crippen LogP contribution in [0.1, 0.15) is 12.5 Å². The van der Waals surface area contributed by atoms with Crippen LogP contribution in [0.15, 0.2) is 26.7 Å². The van der Waals surface area contributed by atoms with Crippen molar-refractivity contribution >= 4 is 57.5 Å². The highest BCUT2D eigenvalue weighted by atomic mass is 35.5. The number of nitrogens with one attached hydrogen (secondary N) is 1.